The third-order valence-electron chi connectivity index (χ3n) is 4.22. The van der Waals surface area contributed by atoms with Crippen LogP contribution in [0.3, 0.4) is 0 Å². The van der Waals surface area contributed by atoms with E-state index >= 15 is 0 Å². The number of nitrogens with one attached hydrogen (secondary N) is 1. The minimum atomic E-state index is -2.79. The van der Waals surface area contributed by atoms with Gasteiger partial charge in [-0.3, -0.25) is 0 Å². The highest BCUT2D eigenvalue weighted by Crippen LogP contribution is 2.42. The molecule has 100 valence electrons. The maximum absolute atomic E-state index is 11.7. The zero-order valence-corrected chi connectivity index (χ0v) is 12.1. The summed E-state index contributed by atoms with van der Waals surface area (Å²) in [5.74, 6) is 1.06. The van der Waals surface area contributed by atoms with Crippen molar-refractivity contribution in [2.45, 2.75) is 19.8 Å². The minimum Gasteiger partial charge on any atom is -0.315 e. The van der Waals surface area contributed by atoms with E-state index in [2.05, 4.69) is 15.7 Å². The Morgan fingerprint density at radius 1 is 1.56 bits per heavy atom. The van der Waals surface area contributed by atoms with E-state index in [4.69, 9.17) is 0 Å². The zero-order valence-electron chi connectivity index (χ0n) is 10.5. The first-order valence-electron chi connectivity index (χ1n) is 6.31. The molecule has 0 amide bonds. The van der Waals surface area contributed by atoms with Crippen molar-refractivity contribution in [3.63, 3.8) is 0 Å². The van der Waals surface area contributed by atoms with Gasteiger partial charge in [0.05, 0.1) is 16.5 Å². The second-order valence-corrected chi connectivity index (χ2v) is 8.80. The fourth-order valence-corrected chi connectivity index (χ4v) is 5.94. The maximum Gasteiger partial charge on any atom is 0.150 e. The molecule has 0 bridgehead atoms. The Hall–Kier alpha value is -0.460. The molecule has 0 aromatic carbocycles. The lowest BCUT2D eigenvalue weighted by Gasteiger charge is -2.46. The van der Waals surface area contributed by atoms with E-state index < -0.39 is 9.84 Å². The molecule has 0 spiro atoms. The van der Waals surface area contributed by atoms with Crippen LogP contribution in [0.15, 0.2) is 5.38 Å². The van der Waals surface area contributed by atoms with Crippen molar-refractivity contribution >= 4 is 21.2 Å². The third kappa shape index (κ3) is 2.21. The average molecular weight is 286 g/mol. The van der Waals surface area contributed by atoms with Gasteiger partial charge in [0.2, 0.25) is 0 Å². The Balaban J connectivity index is 1.78. The van der Waals surface area contributed by atoms with Gasteiger partial charge in [-0.25, -0.2) is 13.4 Å². The molecule has 0 saturated carbocycles. The Labute approximate surface area is 112 Å². The minimum absolute atomic E-state index is 0.133. The molecule has 0 aliphatic carbocycles. The summed E-state index contributed by atoms with van der Waals surface area (Å²) < 4.78 is 23.3. The number of sulfone groups is 1. The summed E-state index contributed by atoms with van der Waals surface area (Å²) in [5.41, 5.74) is 1.20. The fraction of sp³-hybridized carbons (Fsp3) is 0.750. The Morgan fingerprint density at radius 3 is 2.78 bits per heavy atom. The van der Waals surface area contributed by atoms with Crippen LogP contribution in [0.1, 0.15) is 17.1 Å². The van der Waals surface area contributed by atoms with Crippen LogP contribution >= 0.6 is 11.3 Å². The molecular weight excluding hydrogens is 268 g/mol. The molecule has 1 atom stereocenters. The number of thiazole rings is 1. The van der Waals surface area contributed by atoms with E-state index in [0.717, 1.165) is 36.6 Å². The van der Waals surface area contributed by atoms with Gasteiger partial charge in [0.25, 0.3) is 0 Å². The quantitative estimate of drug-likeness (QED) is 0.901. The normalized spacial score (nSPS) is 29.1. The van der Waals surface area contributed by atoms with E-state index in [1.807, 2.05) is 6.92 Å². The molecule has 18 heavy (non-hydrogen) atoms. The first-order chi connectivity index (χ1) is 8.49. The molecule has 4 nitrogen and oxygen atoms in total. The summed E-state index contributed by atoms with van der Waals surface area (Å²) in [4.78, 5) is 4.53. The predicted octanol–water partition coefficient (Wildman–Crippen LogP) is 1.02. The van der Waals surface area contributed by atoms with E-state index in [0.29, 0.717) is 17.4 Å². The molecule has 6 heteroatoms. The number of aryl methyl sites for hydroxylation is 1. The van der Waals surface area contributed by atoms with Crippen LogP contribution in [0.5, 0.6) is 0 Å². The largest absolute Gasteiger partial charge is 0.315 e. The van der Waals surface area contributed by atoms with Gasteiger partial charge in [-0.1, -0.05) is 0 Å². The van der Waals surface area contributed by atoms with E-state index in [1.54, 1.807) is 11.3 Å². The van der Waals surface area contributed by atoms with Gasteiger partial charge < -0.3 is 5.32 Å². The van der Waals surface area contributed by atoms with E-state index in [-0.39, 0.29) is 5.41 Å². The smallest absolute Gasteiger partial charge is 0.150 e. The Bertz CT molecular complexity index is 546. The highest BCUT2D eigenvalue weighted by atomic mass is 32.2. The van der Waals surface area contributed by atoms with Crippen molar-refractivity contribution in [1.29, 1.82) is 0 Å². The van der Waals surface area contributed by atoms with Crippen molar-refractivity contribution in [3.05, 3.63) is 16.1 Å². The standard InChI is InChI=1S/C12H18N2O2S2/c1-9-5-17-11(14-9)4-12(7-13-8-12)10-2-3-18(15,16)6-10/h5,10,13H,2-4,6-8H2,1H3. The second-order valence-electron chi connectivity index (χ2n) is 5.63. The first-order valence-corrected chi connectivity index (χ1v) is 9.01. The second kappa shape index (κ2) is 4.28. The number of hydrogen-bond acceptors (Lipinski definition) is 5. The molecule has 2 fully saturated rings. The zero-order chi connectivity index (χ0) is 12.8. The summed E-state index contributed by atoms with van der Waals surface area (Å²) in [5, 5.41) is 6.54. The van der Waals surface area contributed by atoms with Gasteiger partial charge >= 0.3 is 0 Å². The van der Waals surface area contributed by atoms with Crippen LogP contribution in [0, 0.1) is 18.3 Å². The van der Waals surface area contributed by atoms with E-state index in [1.165, 1.54) is 0 Å². The van der Waals surface area contributed by atoms with Crippen LogP contribution in [-0.4, -0.2) is 38.0 Å². The van der Waals surface area contributed by atoms with Crippen LogP contribution in [0.2, 0.25) is 0 Å². The average Bonchev–Trinajstić information content (AvgIpc) is 2.79. The highest BCUT2D eigenvalue weighted by molar-refractivity contribution is 7.91. The summed E-state index contributed by atoms with van der Waals surface area (Å²) >= 11 is 1.70. The Morgan fingerprint density at radius 2 is 2.33 bits per heavy atom. The molecule has 3 heterocycles. The number of rotatable bonds is 3. The van der Waals surface area contributed by atoms with Gasteiger partial charge in [-0.05, 0) is 19.3 Å². The molecule has 1 N–H and O–H groups in total. The van der Waals surface area contributed by atoms with Gasteiger partial charge in [-0.2, -0.15) is 0 Å². The molecule has 2 saturated heterocycles. The van der Waals surface area contributed by atoms with Crippen LogP contribution in [-0.2, 0) is 16.3 Å². The van der Waals surface area contributed by atoms with Crippen molar-refractivity contribution in [2.75, 3.05) is 24.6 Å². The van der Waals surface area contributed by atoms with Crippen molar-refractivity contribution in [1.82, 2.24) is 10.3 Å². The number of hydrogen-bond donors (Lipinski definition) is 1. The van der Waals surface area contributed by atoms with Crippen LogP contribution in [0.4, 0.5) is 0 Å². The maximum atomic E-state index is 11.7. The third-order valence-corrected chi connectivity index (χ3v) is 6.96. The number of aromatic nitrogens is 1. The van der Waals surface area contributed by atoms with Crippen LogP contribution in [0.25, 0.3) is 0 Å². The molecular formula is C12H18N2O2S2. The molecule has 1 aromatic heterocycles. The monoisotopic (exact) mass is 286 g/mol. The van der Waals surface area contributed by atoms with Crippen LogP contribution < -0.4 is 5.32 Å². The Kier molecular flexibility index (Phi) is 2.99. The van der Waals surface area contributed by atoms with Gasteiger partial charge in [0.1, 0.15) is 0 Å². The van der Waals surface area contributed by atoms with Crippen molar-refractivity contribution in [3.8, 4) is 0 Å². The summed E-state index contributed by atoms with van der Waals surface area (Å²) in [6, 6.07) is 0. The first kappa shape index (κ1) is 12.6. The SMILES string of the molecule is Cc1csc(CC2(C3CCS(=O)(=O)C3)CNC2)n1. The lowest BCUT2D eigenvalue weighted by atomic mass is 9.68. The molecule has 3 rings (SSSR count). The summed E-state index contributed by atoms with van der Waals surface area (Å²) in [7, 11) is -2.79. The predicted molar refractivity (Wildman–Crippen MR) is 72.6 cm³/mol. The van der Waals surface area contributed by atoms with Crippen molar-refractivity contribution in [2.24, 2.45) is 11.3 Å². The topological polar surface area (TPSA) is 59.1 Å². The lowest BCUT2D eigenvalue weighted by molar-refractivity contribution is 0.0923. The molecule has 1 unspecified atom stereocenters. The molecule has 2 aliphatic heterocycles. The fourth-order valence-electron chi connectivity index (χ4n) is 3.07. The van der Waals surface area contributed by atoms with Gasteiger partial charge in [0.15, 0.2) is 9.84 Å². The summed E-state index contributed by atoms with van der Waals surface area (Å²) in [6.45, 7) is 3.88. The van der Waals surface area contributed by atoms with Crippen molar-refractivity contribution < 1.29 is 8.42 Å². The van der Waals surface area contributed by atoms with Gasteiger partial charge in [-0.15, -0.1) is 11.3 Å². The lowest BCUT2D eigenvalue weighted by Crippen LogP contribution is -2.59. The summed E-state index contributed by atoms with van der Waals surface area (Å²) in [6.07, 6.45) is 1.76. The molecule has 2 aliphatic rings. The molecule has 1 aromatic rings. The molecule has 0 radical (unpaired) electrons. The van der Waals surface area contributed by atoms with E-state index in [9.17, 15) is 8.42 Å². The highest BCUT2D eigenvalue weighted by Gasteiger charge is 2.48. The van der Waals surface area contributed by atoms with Gasteiger partial charge in [0, 0.05) is 36.0 Å². The number of nitrogens with zero attached hydrogens (tertiary/aromatic N) is 1.